The lowest BCUT2D eigenvalue weighted by molar-refractivity contribution is 0.0516. The zero-order chi connectivity index (χ0) is 14.7. The van der Waals surface area contributed by atoms with Crippen LogP contribution in [-0.2, 0) is 4.84 Å². The molecule has 0 amide bonds. The van der Waals surface area contributed by atoms with Gasteiger partial charge in [-0.15, -0.1) is 11.3 Å². The van der Waals surface area contributed by atoms with Gasteiger partial charge in [-0.25, -0.2) is 14.2 Å². The molecule has 0 aliphatic heterocycles. The summed E-state index contributed by atoms with van der Waals surface area (Å²) < 4.78 is 12.7. The maximum atomic E-state index is 12.7. The highest BCUT2D eigenvalue weighted by Crippen LogP contribution is 2.18. The van der Waals surface area contributed by atoms with Crippen LogP contribution >= 0.6 is 11.3 Å². The maximum absolute atomic E-state index is 12.7. The number of rotatable bonds is 3. The topological polar surface area (TPSA) is 51.5 Å². The van der Waals surface area contributed by atoms with Gasteiger partial charge in [-0.3, -0.25) is 0 Å². The summed E-state index contributed by atoms with van der Waals surface area (Å²) >= 11 is 1.49. The van der Waals surface area contributed by atoms with Crippen molar-refractivity contribution in [1.29, 1.82) is 0 Å². The zero-order valence-corrected chi connectivity index (χ0v) is 12.1. The molecular weight excluding hydrogens is 279 g/mol. The Morgan fingerprint density at radius 2 is 1.95 bits per heavy atom. The molecule has 2 aromatic rings. The number of benzene rings is 1. The van der Waals surface area contributed by atoms with Crippen molar-refractivity contribution >= 4 is 23.0 Å². The van der Waals surface area contributed by atoms with E-state index in [1.165, 1.54) is 35.6 Å². The average molecular weight is 292 g/mol. The molecule has 2 rings (SSSR count). The minimum atomic E-state index is -0.622. The molecule has 0 aliphatic carbocycles. The van der Waals surface area contributed by atoms with Crippen LogP contribution in [0.25, 0.3) is 0 Å². The molecule has 0 unspecified atom stereocenters. The first-order valence-electron chi connectivity index (χ1n) is 5.93. The van der Waals surface area contributed by atoms with Crippen molar-refractivity contribution in [3.8, 4) is 0 Å². The van der Waals surface area contributed by atoms with Gasteiger partial charge < -0.3 is 4.84 Å². The van der Waals surface area contributed by atoms with E-state index in [4.69, 9.17) is 4.84 Å². The minimum Gasteiger partial charge on any atom is -0.313 e. The molecule has 1 aromatic carbocycles. The van der Waals surface area contributed by atoms with Crippen molar-refractivity contribution in [1.82, 2.24) is 4.98 Å². The second kappa shape index (κ2) is 5.92. The van der Waals surface area contributed by atoms with E-state index in [2.05, 4.69) is 10.1 Å². The molecule has 0 aliphatic rings. The molecule has 20 heavy (non-hydrogen) atoms. The normalized spacial score (nSPS) is 11.5. The highest BCUT2D eigenvalue weighted by Gasteiger charge is 2.11. The van der Waals surface area contributed by atoms with Crippen LogP contribution in [0.5, 0.6) is 0 Å². The molecule has 0 saturated carbocycles. The van der Waals surface area contributed by atoms with Crippen LogP contribution in [0.15, 0.2) is 29.4 Å². The van der Waals surface area contributed by atoms with Gasteiger partial charge in [-0.1, -0.05) is 5.16 Å². The molecular formula is C14H13FN2O2S. The summed E-state index contributed by atoms with van der Waals surface area (Å²) in [6, 6.07) is 5.10. The summed E-state index contributed by atoms with van der Waals surface area (Å²) in [5.74, 6) is -1.03. The molecule has 1 aromatic heterocycles. The van der Waals surface area contributed by atoms with Gasteiger partial charge in [0.05, 0.1) is 26.9 Å². The third-order valence-electron chi connectivity index (χ3n) is 2.58. The van der Waals surface area contributed by atoms with Gasteiger partial charge in [0.2, 0.25) is 0 Å². The van der Waals surface area contributed by atoms with E-state index in [1.807, 2.05) is 13.8 Å². The Morgan fingerprint density at radius 3 is 2.50 bits per heavy atom. The van der Waals surface area contributed by atoms with E-state index in [-0.39, 0.29) is 5.56 Å². The third-order valence-corrected chi connectivity index (χ3v) is 3.76. The molecule has 0 fully saturated rings. The monoisotopic (exact) mass is 292 g/mol. The smallest absolute Gasteiger partial charge is 0.313 e. The van der Waals surface area contributed by atoms with Crippen molar-refractivity contribution in [2.75, 3.05) is 0 Å². The molecule has 1 heterocycles. The largest absolute Gasteiger partial charge is 0.365 e. The fraction of sp³-hybridized carbons (Fsp3) is 0.214. The first kappa shape index (κ1) is 14.3. The Balaban J connectivity index is 2.10. The van der Waals surface area contributed by atoms with Gasteiger partial charge in [0, 0.05) is 0 Å². The molecule has 104 valence electrons. The lowest BCUT2D eigenvalue weighted by atomic mass is 10.2. The summed E-state index contributed by atoms with van der Waals surface area (Å²) in [4.78, 5) is 21.7. The first-order chi connectivity index (χ1) is 9.47. The number of carbonyl (C=O) groups excluding carboxylic acids is 1. The Hall–Kier alpha value is -2.08. The van der Waals surface area contributed by atoms with Crippen LogP contribution in [0, 0.1) is 19.7 Å². The summed E-state index contributed by atoms with van der Waals surface area (Å²) in [5, 5.41) is 4.74. The SMILES string of the molecule is C/C(=N/OC(=O)c1ccc(F)cc1)c1sc(C)nc1C. The Morgan fingerprint density at radius 1 is 1.30 bits per heavy atom. The minimum absolute atomic E-state index is 0.250. The molecule has 0 N–H and O–H groups in total. The predicted octanol–water partition coefficient (Wildman–Crippen LogP) is 3.48. The highest BCUT2D eigenvalue weighted by molar-refractivity contribution is 7.13. The van der Waals surface area contributed by atoms with Crippen LogP contribution in [0.4, 0.5) is 4.39 Å². The zero-order valence-electron chi connectivity index (χ0n) is 11.3. The lowest BCUT2D eigenvalue weighted by Crippen LogP contribution is -2.03. The molecule has 4 nitrogen and oxygen atoms in total. The van der Waals surface area contributed by atoms with Gasteiger partial charge in [0.15, 0.2) is 0 Å². The van der Waals surface area contributed by atoms with Crippen molar-refractivity contribution in [3.05, 3.63) is 51.2 Å². The fourth-order valence-corrected chi connectivity index (χ4v) is 2.51. The van der Waals surface area contributed by atoms with Gasteiger partial charge in [-0.05, 0) is 45.0 Å². The van der Waals surface area contributed by atoms with E-state index in [1.54, 1.807) is 6.92 Å². The van der Waals surface area contributed by atoms with Crippen LogP contribution in [0.3, 0.4) is 0 Å². The number of aryl methyl sites for hydroxylation is 2. The van der Waals surface area contributed by atoms with Crippen molar-refractivity contribution in [2.24, 2.45) is 5.16 Å². The molecule has 0 atom stereocenters. The molecule has 0 saturated heterocycles. The summed E-state index contributed by atoms with van der Waals surface area (Å²) in [6.45, 7) is 5.52. The molecule has 0 radical (unpaired) electrons. The van der Waals surface area contributed by atoms with E-state index in [0.717, 1.165) is 15.6 Å². The van der Waals surface area contributed by atoms with E-state index in [0.29, 0.717) is 5.71 Å². The summed E-state index contributed by atoms with van der Waals surface area (Å²) in [6.07, 6.45) is 0. The number of halogens is 1. The Labute approximate surface area is 119 Å². The number of nitrogens with zero attached hydrogens (tertiary/aromatic N) is 2. The number of carbonyl (C=O) groups is 1. The molecule has 0 bridgehead atoms. The maximum Gasteiger partial charge on any atom is 0.365 e. The third kappa shape index (κ3) is 3.27. The first-order valence-corrected chi connectivity index (χ1v) is 6.75. The average Bonchev–Trinajstić information content (AvgIpc) is 2.75. The van der Waals surface area contributed by atoms with Gasteiger partial charge in [0.1, 0.15) is 5.82 Å². The number of hydrogen-bond donors (Lipinski definition) is 0. The van der Waals surface area contributed by atoms with Gasteiger partial charge >= 0.3 is 5.97 Å². The second-order valence-electron chi connectivity index (χ2n) is 4.21. The van der Waals surface area contributed by atoms with E-state index >= 15 is 0 Å². The quantitative estimate of drug-likeness (QED) is 0.494. The van der Waals surface area contributed by atoms with Crippen molar-refractivity contribution in [2.45, 2.75) is 20.8 Å². The van der Waals surface area contributed by atoms with Crippen molar-refractivity contribution in [3.63, 3.8) is 0 Å². The fourth-order valence-electron chi connectivity index (χ4n) is 1.66. The predicted molar refractivity (Wildman–Crippen MR) is 75.6 cm³/mol. The Kier molecular flexibility index (Phi) is 4.24. The van der Waals surface area contributed by atoms with Gasteiger partial charge in [-0.2, -0.15) is 0 Å². The number of aromatic nitrogens is 1. The number of thiazole rings is 1. The van der Waals surface area contributed by atoms with Crippen LogP contribution < -0.4 is 0 Å². The Bertz CT molecular complexity index is 662. The molecule has 0 spiro atoms. The van der Waals surface area contributed by atoms with Crippen LogP contribution in [0.2, 0.25) is 0 Å². The van der Waals surface area contributed by atoms with E-state index < -0.39 is 11.8 Å². The van der Waals surface area contributed by atoms with Crippen molar-refractivity contribution < 1.29 is 14.0 Å². The highest BCUT2D eigenvalue weighted by atomic mass is 32.1. The second-order valence-corrected chi connectivity index (χ2v) is 5.41. The van der Waals surface area contributed by atoms with Crippen LogP contribution in [0.1, 0.15) is 32.9 Å². The van der Waals surface area contributed by atoms with E-state index in [9.17, 15) is 9.18 Å². The molecule has 6 heteroatoms. The van der Waals surface area contributed by atoms with Gasteiger partial charge in [0.25, 0.3) is 0 Å². The lowest BCUT2D eigenvalue weighted by Gasteiger charge is -2.00. The van der Waals surface area contributed by atoms with Crippen LogP contribution in [-0.4, -0.2) is 16.7 Å². The summed E-state index contributed by atoms with van der Waals surface area (Å²) in [5.41, 5.74) is 1.69. The summed E-state index contributed by atoms with van der Waals surface area (Å²) in [7, 11) is 0. The number of hydrogen-bond acceptors (Lipinski definition) is 5. The number of oxime groups is 1. The standard InChI is InChI=1S/C14H13FN2O2S/c1-8-13(20-10(3)16-8)9(2)17-19-14(18)11-4-6-12(15)7-5-11/h4-7H,1-3H3/b17-9-.